The summed E-state index contributed by atoms with van der Waals surface area (Å²) in [6, 6.07) is 0.363. The highest BCUT2D eigenvalue weighted by Gasteiger charge is 2.06. The molecule has 0 saturated carbocycles. The van der Waals surface area contributed by atoms with Crippen LogP contribution in [0.4, 0.5) is 0 Å². The number of nitrogens with one attached hydrogen (secondary N) is 1. The zero-order valence-corrected chi connectivity index (χ0v) is 11.6. The predicted octanol–water partition coefficient (Wildman–Crippen LogP) is 3.90. The fraction of sp³-hybridized carbons (Fsp3) is 0.562. The Morgan fingerprint density at radius 1 is 1.28 bits per heavy atom. The van der Waals surface area contributed by atoms with Crippen LogP contribution >= 0.6 is 0 Å². The van der Waals surface area contributed by atoms with Crippen molar-refractivity contribution >= 4 is 5.91 Å². The van der Waals surface area contributed by atoms with E-state index in [0.717, 1.165) is 19.3 Å². The van der Waals surface area contributed by atoms with Crippen LogP contribution in [0.5, 0.6) is 0 Å². The molecule has 18 heavy (non-hydrogen) atoms. The third kappa shape index (κ3) is 6.43. The molecule has 0 heterocycles. The Labute approximate surface area is 111 Å². The maximum atomic E-state index is 11.0. The molecule has 1 atom stereocenters. The van der Waals surface area contributed by atoms with Crippen LogP contribution in [0, 0.1) is 0 Å². The van der Waals surface area contributed by atoms with E-state index in [1.165, 1.54) is 24.8 Å². The summed E-state index contributed by atoms with van der Waals surface area (Å²) in [5, 5.41) is 3.00. The molecular formula is C16H25NO. The molecule has 2 nitrogen and oxygen atoms in total. The van der Waals surface area contributed by atoms with Crippen LogP contribution < -0.4 is 5.32 Å². The van der Waals surface area contributed by atoms with Gasteiger partial charge in [-0.3, -0.25) is 4.79 Å². The lowest BCUT2D eigenvalue weighted by Crippen LogP contribution is -2.32. The van der Waals surface area contributed by atoms with E-state index in [0.29, 0.717) is 6.04 Å². The minimum Gasteiger partial charge on any atom is -0.354 e. The van der Waals surface area contributed by atoms with Crippen LogP contribution in [0.3, 0.4) is 0 Å². The summed E-state index contributed by atoms with van der Waals surface area (Å²) in [5.74, 6) is 0.0893. The van der Waals surface area contributed by atoms with Gasteiger partial charge in [-0.25, -0.2) is 0 Å². The standard InChI is InChI=1S/C16H25NO/c1-3-16(17-14(2)18)13-7-5-4-6-10-15-11-8-9-12-15/h8-12,16H,3-7,13H2,1-2H3,(H,17,18). The monoisotopic (exact) mass is 247 g/mol. The van der Waals surface area contributed by atoms with Crippen LogP contribution in [0.15, 0.2) is 36.0 Å². The van der Waals surface area contributed by atoms with E-state index in [1.807, 2.05) is 0 Å². The van der Waals surface area contributed by atoms with Gasteiger partial charge in [0.1, 0.15) is 0 Å². The van der Waals surface area contributed by atoms with E-state index in [-0.39, 0.29) is 5.91 Å². The van der Waals surface area contributed by atoms with Crippen molar-refractivity contribution in [3.63, 3.8) is 0 Å². The van der Waals surface area contributed by atoms with Crippen molar-refractivity contribution in [2.24, 2.45) is 0 Å². The second-order valence-corrected chi connectivity index (χ2v) is 4.87. The summed E-state index contributed by atoms with van der Waals surface area (Å²) in [5.41, 5.74) is 1.33. The molecular weight excluding hydrogens is 222 g/mol. The van der Waals surface area contributed by atoms with Gasteiger partial charge >= 0.3 is 0 Å². The summed E-state index contributed by atoms with van der Waals surface area (Å²) < 4.78 is 0. The van der Waals surface area contributed by atoms with E-state index in [1.54, 1.807) is 6.92 Å². The fourth-order valence-corrected chi connectivity index (χ4v) is 2.17. The van der Waals surface area contributed by atoms with E-state index >= 15 is 0 Å². The van der Waals surface area contributed by atoms with E-state index in [9.17, 15) is 4.79 Å². The molecule has 0 spiro atoms. The minimum atomic E-state index is 0.0893. The number of carbonyl (C=O) groups is 1. The molecule has 0 aromatic heterocycles. The third-order valence-electron chi connectivity index (χ3n) is 3.23. The Morgan fingerprint density at radius 3 is 2.61 bits per heavy atom. The van der Waals surface area contributed by atoms with Crippen LogP contribution in [-0.2, 0) is 4.79 Å². The van der Waals surface area contributed by atoms with Gasteiger partial charge in [-0.05, 0) is 31.3 Å². The van der Waals surface area contributed by atoms with Gasteiger partial charge in [-0.2, -0.15) is 0 Å². The average Bonchev–Trinajstić information content (AvgIpc) is 2.84. The highest BCUT2D eigenvalue weighted by Crippen LogP contribution is 2.12. The number of rotatable bonds is 8. The highest BCUT2D eigenvalue weighted by atomic mass is 16.1. The van der Waals surface area contributed by atoms with Gasteiger partial charge in [0.2, 0.25) is 5.91 Å². The molecule has 100 valence electrons. The number of carbonyl (C=O) groups excluding carboxylic acids is 1. The van der Waals surface area contributed by atoms with Crippen LogP contribution in [0.25, 0.3) is 0 Å². The van der Waals surface area contributed by atoms with Gasteiger partial charge in [0.15, 0.2) is 0 Å². The zero-order valence-electron chi connectivity index (χ0n) is 11.6. The summed E-state index contributed by atoms with van der Waals surface area (Å²) >= 11 is 0. The Bertz CT molecular complexity index is 325. The number of unbranched alkanes of at least 4 members (excludes halogenated alkanes) is 3. The average molecular weight is 247 g/mol. The summed E-state index contributed by atoms with van der Waals surface area (Å²) in [6.45, 7) is 3.72. The number of amides is 1. The molecule has 0 aromatic carbocycles. The first-order chi connectivity index (χ1) is 8.72. The second kappa shape index (κ2) is 8.73. The largest absolute Gasteiger partial charge is 0.354 e. The summed E-state index contributed by atoms with van der Waals surface area (Å²) in [7, 11) is 0. The van der Waals surface area contributed by atoms with Crippen molar-refractivity contribution in [2.45, 2.75) is 58.4 Å². The van der Waals surface area contributed by atoms with E-state index < -0.39 is 0 Å². The maximum Gasteiger partial charge on any atom is 0.217 e. The van der Waals surface area contributed by atoms with Crippen molar-refractivity contribution in [3.8, 4) is 0 Å². The molecule has 1 N–H and O–H groups in total. The molecule has 1 rings (SSSR count). The van der Waals surface area contributed by atoms with Crippen molar-refractivity contribution in [3.05, 3.63) is 36.0 Å². The van der Waals surface area contributed by atoms with Crippen molar-refractivity contribution < 1.29 is 4.79 Å². The lowest BCUT2D eigenvalue weighted by atomic mass is 10.0. The molecule has 0 fully saturated rings. The summed E-state index contributed by atoms with van der Waals surface area (Å²) in [6.07, 6.45) is 17.7. The molecule has 1 aliphatic rings. The van der Waals surface area contributed by atoms with E-state index in [4.69, 9.17) is 0 Å². The Morgan fingerprint density at radius 2 is 2.00 bits per heavy atom. The van der Waals surface area contributed by atoms with Gasteiger partial charge in [-0.1, -0.05) is 50.1 Å². The zero-order chi connectivity index (χ0) is 13.2. The number of hydrogen-bond acceptors (Lipinski definition) is 1. The van der Waals surface area contributed by atoms with Gasteiger partial charge in [-0.15, -0.1) is 0 Å². The molecule has 1 amide bonds. The molecule has 0 bridgehead atoms. The summed E-state index contributed by atoms with van der Waals surface area (Å²) in [4.78, 5) is 11.0. The second-order valence-electron chi connectivity index (χ2n) is 4.87. The quantitative estimate of drug-likeness (QED) is 0.647. The Balaban J connectivity index is 2.03. The van der Waals surface area contributed by atoms with Crippen LogP contribution in [0.1, 0.15) is 52.4 Å². The minimum absolute atomic E-state index is 0.0893. The SMILES string of the molecule is CCC(CCCCCC=C1C=CC=C1)NC(C)=O. The smallest absolute Gasteiger partial charge is 0.217 e. The number of allylic oxidation sites excluding steroid dienone is 6. The van der Waals surface area contributed by atoms with Crippen molar-refractivity contribution in [1.82, 2.24) is 5.32 Å². The molecule has 0 aliphatic heterocycles. The molecule has 2 heteroatoms. The van der Waals surface area contributed by atoms with Crippen molar-refractivity contribution in [1.29, 1.82) is 0 Å². The first-order valence-electron chi connectivity index (χ1n) is 7.04. The first kappa shape index (κ1) is 14.7. The topological polar surface area (TPSA) is 29.1 Å². The molecule has 1 unspecified atom stereocenters. The lowest BCUT2D eigenvalue weighted by Gasteiger charge is -2.15. The Hall–Kier alpha value is -1.31. The lowest BCUT2D eigenvalue weighted by molar-refractivity contribution is -0.119. The van der Waals surface area contributed by atoms with Gasteiger partial charge in [0, 0.05) is 13.0 Å². The third-order valence-corrected chi connectivity index (χ3v) is 3.23. The number of hydrogen-bond donors (Lipinski definition) is 1. The fourth-order valence-electron chi connectivity index (χ4n) is 2.17. The normalized spacial score (nSPS) is 14.9. The predicted molar refractivity (Wildman–Crippen MR) is 77.3 cm³/mol. The first-order valence-corrected chi connectivity index (χ1v) is 7.04. The van der Waals surface area contributed by atoms with Gasteiger partial charge < -0.3 is 5.32 Å². The maximum absolute atomic E-state index is 11.0. The molecule has 0 radical (unpaired) electrons. The highest BCUT2D eigenvalue weighted by molar-refractivity contribution is 5.73. The van der Waals surface area contributed by atoms with Gasteiger partial charge in [0.05, 0.1) is 0 Å². The van der Waals surface area contributed by atoms with Crippen LogP contribution in [0.2, 0.25) is 0 Å². The van der Waals surface area contributed by atoms with Crippen molar-refractivity contribution in [2.75, 3.05) is 0 Å². The molecule has 1 aliphatic carbocycles. The molecule has 0 aromatic rings. The van der Waals surface area contributed by atoms with Crippen LogP contribution in [-0.4, -0.2) is 11.9 Å². The van der Waals surface area contributed by atoms with Gasteiger partial charge in [0.25, 0.3) is 0 Å². The van der Waals surface area contributed by atoms with E-state index in [2.05, 4.69) is 42.6 Å². The Kier molecular flexibility index (Phi) is 7.16. The molecule has 0 saturated heterocycles.